The van der Waals surface area contributed by atoms with E-state index in [0.717, 1.165) is 43.6 Å². The molecule has 35 heavy (non-hydrogen) atoms. The summed E-state index contributed by atoms with van der Waals surface area (Å²) in [5.41, 5.74) is -2.19. The number of alkyl halides is 3. The van der Waals surface area contributed by atoms with E-state index in [9.17, 15) is 36.6 Å². The fraction of sp³-hybridized carbons (Fsp3) is 0.143. The summed E-state index contributed by atoms with van der Waals surface area (Å²) in [5.74, 6) is -1.97. The van der Waals surface area contributed by atoms with Crippen molar-refractivity contribution >= 4 is 19.4 Å². The van der Waals surface area contributed by atoms with Crippen molar-refractivity contribution in [2.75, 3.05) is 12.4 Å². The lowest BCUT2D eigenvalue weighted by atomic mass is 10.1. The topological polar surface area (TPSA) is 116 Å². The number of carbonyl (C=O) groups is 1. The Morgan fingerprint density at radius 1 is 1.09 bits per heavy atom. The van der Waals surface area contributed by atoms with Crippen molar-refractivity contribution in [2.45, 2.75) is 13.1 Å². The number of rotatable bonds is 7. The molecule has 186 valence electrons. The van der Waals surface area contributed by atoms with Crippen LogP contribution in [-0.4, -0.2) is 22.6 Å². The second kappa shape index (κ2) is 9.90. The molecule has 9 nitrogen and oxygen atoms in total. The highest BCUT2D eigenvalue weighted by atomic mass is 31.2. The van der Waals surface area contributed by atoms with Crippen molar-refractivity contribution in [1.82, 2.24) is 4.73 Å². The van der Waals surface area contributed by atoms with Crippen LogP contribution in [0.1, 0.15) is 21.5 Å². The van der Waals surface area contributed by atoms with Gasteiger partial charge in [0.05, 0.1) is 17.3 Å². The minimum atomic E-state index is -4.73. The van der Waals surface area contributed by atoms with E-state index in [1.807, 2.05) is 0 Å². The molecule has 0 aliphatic heterocycles. The van der Waals surface area contributed by atoms with Gasteiger partial charge in [-0.25, -0.2) is 8.96 Å². The van der Waals surface area contributed by atoms with Crippen molar-refractivity contribution in [2.24, 2.45) is 0 Å². The van der Waals surface area contributed by atoms with Gasteiger partial charge in [0.15, 0.2) is 0 Å². The maximum Gasteiger partial charge on any atom is 0.546 e. The van der Waals surface area contributed by atoms with Gasteiger partial charge in [-0.15, -0.1) is 4.73 Å². The number of anilines is 1. The van der Waals surface area contributed by atoms with E-state index in [-0.39, 0.29) is 22.6 Å². The number of ether oxygens (including phenoxy) is 1. The Morgan fingerprint density at radius 2 is 1.80 bits per heavy atom. The largest absolute Gasteiger partial charge is 0.546 e. The highest BCUT2D eigenvalue weighted by Gasteiger charge is 2.32. The number of phosphoric ester groups is 1. The van der Waals surface area contributed by atoms with E-state index < -0.39 is 42.6 Å². The van der Waals surface area contributed by atoms with Gasteiger partial charge in [0.1, 0.15) is 17.3 Å². The predicted octanol–water partition coefficient (Wildman–Crippen LogP) is 4.53. The maximum absolute atomic E-state index is 13.4. The Hall–Kier alpha value is -3.67. The number of halogens is 4. The molecule has 0 aliphatic carbocycles. The summed E-state index contributed by atoms with van der Waals surface area (Å²) in [6, 6.07) is 7.49. The Bertz CT molecular complexity index is 1370. The minimum absolute atomic E-state index is 0.0195. The highest BCUT2D eigenvalue weighted by molar-refractivity contribution is 7.47. The van der Waals surface area contributed by atoms with Crippen LogP contribution >= 0.6 is 7.82 Å². The molecule has 3 aromatic rings. The van der Waals surface area contributed by atoms with E-state index in [1.165, 1.54) is 13.0 Å². The van der Waals surface area contributed by atoms with E-state index in [2.05, 4.69) is 14.5 Å². The van der Waals surface area contributed by atoms with Crippen molar-refractivity contribution in [1.29, 1.82) is 0 Å². The Morgan fingerprint density at radius 3 is 2.40 bits per heavy atom. The van der Waals surface area contributed by atoms with Gasteiger partial charge in [-0.1, -0.05) is 0 Å². The molecule has 0 fully saturated rings. The normalized spacial score (nSPS) is 13.1. The minimum Gasteiger partial charge on any atom is -0.456 e. The van der Waals surface area contributed by atoms with E-state index >= 15 is 0 Å². The molecule has 0 bridgehead atoms. The average Bonchev–Trinajstić information content (AvgIpc) is 2.77. The SMILES string of the molecule is COP(=O)(O)On1ccc(NC(=O)c2ccc(C(F)(F)F)cc2Oc2ccc(F)cc2C)cc1=O. The third-order valence-corrected chi connectivity index (χ3v) is 5.32. The van der Waals surface area contributed by atoms with Gasteiger partial charge in [0.25, 0.3) is 11.5 Å². The standard InChI is InChI=1S/C21H17F4N2O7P/c1-12-9-14(22)4-6-17(12)33-18-10-13(21(23,24)25)3-5-16(18)20(29)26-15-7-8-27(19(28)11-15)34-35(30,31)32-2/h3-11H,1-2H3,(H,26,29)(H,30,31). The fourth-order valence-corrected chi connectivity index (χ4v) is 3.19. The molecule has 1 aromatic heterocycles. The number of nitrogens with one attached hydrogen (secondary N) is 1. The molecule has 1 unspecified atom stereocenters. The molecule has 0 saturated heterocycles. The average molecular weight is 516 g/mol. The number of phosphoric acid groups is 1. The van der Waals surface area contributed by atoms with Crippen molar-refractivity contribution < 1.29 is 45.7 Å². The number of amides is 1. The Balaban J connectivity index is 1.93. The zero-order valence-electron chi connectivity index (χ0n) is 18.0. The molecule has 3 rings (SSSR count). The van der Waals surface area contributed by atoms with E-state index in [1.54, 1.807) is 0 Å². The Labute approximate surface area is 195 Å². The summed E-state index contributed by atoms with van der Waals surface area (Å²) >= 11 is 0. The second-order valence-electron chi connectivity index (χ2n) is 6.99. The number of hydrogen-bond donors (Lipinski definition) is 2. The van der Waals surface area contributed by atoms with Crippen LogP contribution in [0.15, 0.2) is 59.5 Å². The summed E-state index contributed by atoms with van der Waals surface area (Å²) in [7, 11) is -3.65. The van der Waals surface area contributed by atoms with Crippen LogP contribution < -0.4 is 20.2 Å². The molecule has 0 spiro atoms. The van der Waals surface area contributed by atoms with Crippen LogP contribution in [-0.2, 0) is 15.3 Å². The van der Waals surface area contributed by atoms with Crippen LogP contribution in [0.2, 0.25) is 0 Å². The van der Waals surface area contributed by atoms with Gasteiger partial charge < -0.3 is 14.7 Å². The monoisotopic (exact) mass is 516 g/mol. The van der Waals surface area contributed by atoms with Crippen molar-refractivity contribution in [3.8, 4) is 11.5 Å². The summed E-state index contributed by atoms with van der Waals surface area (Å²) < 4.78 is 79.2. The third-order valence-electron chi connectivity index (χ3n) is 4.48. The molecule has 2 N–H and O–H groups in total. The maximum atomic E-state index is 13.4. The molecule has 0 aliphatic rings. The Kier molecular flexibility index (Phi) is 7.34. The quantitative estimate of drug-likeness (QED) is 0.350. The first-order chi connectivity index (χ1) is 16.3. The number of benzene rings is 2. The van der Waals surface area contributed by atoms with Gasteiger partial charge in [-0.2, -0.15) is 13.2 Å². The van der Waals surface area contributed by atoms with Crippen LogP contribution in [0.25, 0.3) is 0 Å². The lowest BCUT2D eigenvalue weighted by molar-refractivity contribution is -0.137. The van der Waals surface area contributed by atoms with Crippen LogP contribution in [0.5, 0.6) is 11.5 Å². The highest BCUT2D eigenvalue weighted by Crippen LogP contribution is 2.38. The zero-order chi connectivity index (χ0) is 26.0. The van der Waals surface area contributed by atoms with Gasteiger partial charge >= 0.3 is 14.0 Å². The first-order valence-electron chi connectivity index (χ1n) is 9.57. The number of hydrogen-bond acceptors (Lipinski definition) is 6. The van der Waals surface area contributed by atoms with Crippen molar-refractivity contribution in [3.05, 3.63) is 87.6 Å². The van der Waals surface area contributed by atoms with Gasteiger partial charge in [0.2, 0.25) is 0 Å². The number of aryl methyl sites for hydroxylation is 1. The molecule has 0 radical (unpaired) electrons. The van der Waals surface area contributed by atoms with Crippen LogP contribution in [0, 0.1) is 12.7 Å². The van der Waals surface area contributed by atoms with Gasteiger partial charge in [-0.05, 0) is 55.0 Å². The molecule has 14 heteroatoms. The van der Waals surface area contributed by atoms with Crippen LogP contribution in [0.4, 0.5) is 23.2 Å². The molecule has 2 aromatic carbocycles. The zero-order valence-corrected chi connectivity index (χ0v) is 18.9. The second-order valence-corrected chi connectivity index (χ2v) is 8.45. The number of nitrogens with zero attached hydrogens (tertiary/aromatic N) is 1. The number of pyridine rings is 1. The fourth-order valence-electron chi connectivity index (χ4n) is 2.77. The summed E-state index contributed by atoms with van der Waals surface area (Å²) in [6.45, 7) is 1.47. The summed E-state index contributed by atoms with van der Waals surface area (Å²) in [4.78, 5) is 34.2. The predicted molar refractivity (Wildman–Crippen MR) is 115 cm³/mol. The molecular weight excluding hydrogens is 499 g/mol. The van der Waals surface area contributed by atoms with E-state index in [0.29, 0.717) is 16.9 Å². The lowest BCUT2D eigenvalue weighted by Gasteiger charge is -2.16. The van der Waals surface area contributed by atoms with Gasteiger partial charge in [-0.3, -0.25) is 19.0 Å². The molecule has 1 atom stereocenters. The lowest BCUT2D eigenvalue weighted by Crippen LogP contribution is -2.25. The van der Waals surface area contributed by atoms with E-state index in [4.69, 9.17) is 4.74 Å². The summed E-state index contributed by atoms with van der Waals surface area (Å²) in [6.07, 6.45) is -3.81. The van der Waals surface area contributed by atoms with Gasteiger partial charge in [0, 0.05) is 18.9 Å². The molecule has 1 heterocycles. The first kappa shape index (κ1) is 25.9. The molecular formula is C21H17F4N2O7P. The van der Waals surface area contributed by atoms with Crippen LogP contribution in [0.3, 0.4) is 0 Å². The summed E-state index contributed by atoms with van der Waals surface area (Å²) in [5, 5.41) is 2.32. The third kappa shape index (κ3) is 6.47. The molecule has 0 saturated carbocycles. The first-order valence-corrected chi connectivity index (χ1v) is 11.1. The number of carbonyl (C=O) groups excluding carboxylic acids is 1. The van der Waals surface area contributed by atoms with Crippen molar-refractivity contribution in [3.63, 3.8) is 0 Å². The smallest absolute Gasteiger partial charge is 0.456 e. The molecule has 1 amide bonds. The number of aromatic nitrogens is 1.